The number of hydrogen-bond donors (Lipinski definition) is 0. The molecule has 0 fully saturated rings. The summed E-state index contributed by atoms with van der Waals surface area (Å²) in [6, 6.07) is 5.30. The highest BCUT2D eigenvalue weighted by molar-refractivity contribution is 7.54. The van der Waals surface area contributed by atoms with Crippen LogP contribution in [0.4, 0.5) is 0 Å². The van der Waals surface area contributed by atoms with Crippen molar-refractivity contribution in [3.05, 3.63) is 23.8 Å². The van der Waals surface area contributed by atoms with Crippen LogP contribution in [-0.4, -0.2) is 26.4 Å². The van der Waals surface area contributed by atoms with Crippen molar-refractivity contribution in [2.24, 2.45) is 11.3 Å². The lowest BCUT2D eigenvalue weighted by molar-refractivity contribution is 0.106. The molecule has 0 radical (unpaired) electrons. The van der Waals surface area contributed by atoms with Gasteiger partial charge in [0.15, 0.2) is 0 Å². The van der Waals surface area contributed by atoms with E-state index in [1.165, 1.54) is 0 Å². The molecule has 124 valence electrons. The Balaban J connectivity index is 2.63. The molecule has 0 saturated carbocycles. The van der Waals surface area contributed by atoms with Crippen molar-refractivity contribution < 1.29 is 18.8 Å². The Kier molecular flexibility index (Phi) is 7.31. The first-order valence-corrected chi connectivity index (χ1v) is 8.32. The van der Waals surface area contributed by atoms with Crippen molar-refractivity contribution in [1.29, 1.82) is 0 Å². The predicted molar refractivity (Wildman–Crippen MR) is 91.4 cm³/mol. The van der Waals surface area contributed by atoms with Crippen molar-refractivity contribution >= 4 is 14.3 Å². The molecule has 0 spiro atoms. The van der Waals surface area contributed by atoms with Gasteiger partial charge in [-0.2, -0.15) is 0 Å². The van der Waals surface area contributed by atoms with Crippen molar-refractivity contribution in [3.8, 4) is 11.5 Å². The molecule has 2 atom stereocenters. The highest BCUT2D eigenvalue weighted by atomic mass is 31.1. The molecule has 1 aromatic carbocycles. The summed E-state index contributed by atoms with van der Waals surface area (Å²) in [6.07, 6.45) is 1.06. The monoisotopic (exact) mass is 326 g/mol. The third-order valence-electron chi connectivity index (χ3n) is 3.15. The van der Waals surface area contributed by atoms with Crippen molar-refractivity contribution in [3.63, 3.8) is 0 Å². The van der Waals surface area contributed by atoms with Crippen molar-refractivity contribution in [2.45, 2.75) is 34.1 Å². The average molecular weight is 326 g/mol. The summed E-state index contributed by atoms with van der Waals surface area (Å²) < 4.78 is 16.1. The predicted octanol–water partition coefficient (Wildman–Crippen LogP) is 4.53. The van der Waals surface area contributed by atoms with E-state index in [-0.39, 0.29) is 19.7 Å². The molecule has 0 aliphatic heterocycles. The highest BCUT2D eigenvalue weighted by Crippen LogP contribution is 2.35. The third-order valence-corrected chi connectivity index (χ3v) is 3.89. The van der Waals surface area contributed by atoms with Gasteiger partial charge in [0.25, 0.3) is 0 Å². The first kappa shape index (κ1) is 18.9. The van der Waals surface area contributed by atoms with Crippen LogP contribution in [0.25, 0.3) is 0 Å². The fourth-order valence-electron chi connectivity index (χ4n) is 2.48. The van der Waals surface area contributed by atoms with Crippen LogP contribution in [0.15, 0.2) is 18.2 Å². The van der Waals surface area contributed by atoms with Gasteiger partial charge < -0.3 is 14.0 Å². The molecule has 1 aromatic rings. The number of benzene rings is 1. The Morgan fingerprint density at radius 3 is 2.18 bits per heavy atom. The zero-order valence-electron chi connectivity index (χ0n) is 14.4. The number of hydrogen-bond acceptors (Lipinski definition) is 4. The lowest BCUT2D eigenvalue weighted by atomic mass is 9.86. The summed E-state index contributed by atoms with van der Waals surface area (Å²) >= 11 is 0. The van der Waals surface area contributed by atoms with Gasteiger partial charge in [-0.1, -0.05) is 33.8 Å². The molecular weight excluding hydrogens is 299 g/mol. The minimum Gasteiger partial charge on any atom is -0.496 e. The van der Waals surface area contributed by atoms with E-state index in [4.69, 9.17) is 14.0 Å². The quantitative estimate of drug-likeness (QED) is 0.659. The molecule has 22 heavy (non-hydrogen) atoms. The Hall–Kier alpha value is -1.12. The number of carbonyl (C=O) groups is 1. The van der Waals surface area contributed by atoms with E-state index >= 15 is 0 Å². The summed E-state index contributed by atoms with van der Waals surface area (Å²) in [6.45, 7) is 9.34. The molecule has 4 nitrogen and oxygen atoms in total. The number of ether oxygens (including phenoxy) is 2. The van der Waals surface area contributed by atoms with Crippen LogP contribution < -0.4 is 9.47 Å². The van der Waals surface area contributed by atoms with E-state index in [0.717, 1.165) is 6.42 Å². The van der Waals surface area contributed by atoms with Crippen LogP contribution in [0, 0.1) is 11.3 Å². The van der Waals surface area contributed by atoms with Gasteiger partial charge in [-0.3, -0.25) is 4.79 Å². The smallest absolute Gasteiger partial charge is 0.215 e. The maximum absolute atomic E-state index is 12.4. The van der Waals surface area contributed by atoms with Crippen LogP contribution in [-0.2, 0) is 4.52 Å². The van der Waals surface area contributed by atoms with E-state index in [0.29, 0.717) is 29.6 Å². The van der Waals surface area contributed by atoms with Crippen LogP contribution in [0.1, 0.15) is 44.5 Å². The summed E-state index contributed by atoms with van der Waals surface area (Å²) in [5, 5.41) is 0. The maximum atomic E-state index is 12.4. The van der Waals surface area contributed by atoms with Gasteiger partial charge in [-0.05, 0) is 29.9 Å². The van der Waals surface area contributed by atoms with Crippen LogP contribution in [0.5, 0.6) is 11.5 Å². The van der Waals surface area contributed by atoms with Gasteiger partial charge in [0, 0.05) is 0 Å². The van der Waals surface area contributed by atoms with Gasteiger partial charge in [0.05, 0.1) is 29.6 Å². The molecule has 0 aliphatic carbocycles. The number of methoxy groups -OCH3 is 2. The minimum atomic E-state index is -0.237. The third kappa shape index (κ3) is 5.94. The number of carbonyl (C=O) groups excluding carboxylic acids is 1. The second-order valence-electron chi connectivity index (χ2n) is 6.65. The van der Waals surface area contributed by atoms with Gasteiger partial charge in [0.2, 0.25) is 5.52 Å². The molecule has 5 heteroatoms. The second kappa shape index (κ2) is 8.50. The van der Waals surface area contributed by atoms with Crippen molar-refractivity contribution in [1.82, 2.24) is 0 Å². The molecule has 2 unspecified atom stereocenters. The highest BCUT2D eigenvalue weighted by Gasteiger charge is 2.20. The topological polar surface area (TPSA) is 44.8 Å². The first-order chi connectivity index (χ1) is 10.3. The lowest BCUT2D eigenvalue weighted by Crippen LogP contribution is -2.14. The summed E-state index contributed by atoms with van der Waals surface area (Å²) in [7, 11) is 2.85. The normalized spacial score (nSPS) is 13.4. The Morgan fingerprint density at radius 1 is 1.18 bits per heavy atom. The average Bonchev–Trinajstić information content (AvgIpc) is 2.44. The number of rotatable bonds is 8. The van der Waals surface area contributed by atoms with Crippen molar-refractivity contribution in [2.75, 3.05) is 20.8 Å². The molecule has 0 bridgehead atoms. The molecule has 0 heterocycles. The minimum absolute atomic E-state index is 0.0998. The van der Waals surface area contributed by atoms with E-state index < -0.39 is 0 Å². The molecule has 1 rings (SSSR count). The second-order valence-corrected chi connectivity index (χ2v) is 7.60. The summed E-state index contributed by atoms with van der Waals surface area (Å²) in [5.74, 6) is 1.45. The standard InChI is InChI=1S/C17H27O4P/c1-12(10-17(2,3)4)11-21-22-16(18)15-13(19-5)8-7-9-14(15)20-6/h7-9,12,22H,10-11H2,1-6H3. The largest absolute Gasteiger partial charge is 0.496 e. The fraction of sp³-hybridized carbons (Fsp3) is 0.588. The van der Waals surface area contributed by atoms with Gasteiger partial charge in [0.1, 0.15) is 17.1 Å². The zero-order chi connectivity index (χ0) is 16.8. The summed E-state index contributed by atoms with van der Waals surface area (Å²) in [5.41, 5.74) is 0.619. The zero-order valence-corrected chi connectivity index (χ0v) is 15.4. The molecule has 0 aromatic heterocycles. The molecular formula is C17H27O4P. The molecule has 0 amide bonds. The van der Waals surface area contributed by atoms with Crippen LogP contribution in [0.3, 0.4) is 0 Å². The fourth-order valence-corrected chi connectivity index (χ4v) is 3.33. The van der Waals surface area contributed by atoms with E-state index in [1.807, 2.05) is 0 Å². The molecule has 0 N–H and O–H groups in total. The van der Waals surface area contributed by atoms with Gasteiger partial charge in [-0.25, -0.2) is 0 Å². The molecule has 0 aliphatic rings. The van der Waals surface area contributed by atoms with Crippen LogP contribution in [0.2, 0.25) is 0 Å². The van der Waals surface area contributed by atoms with Crippen LogP contribution >= 0.6 is 8.81 Å². The summed E-state index contributed by atoms with van der Waals surface area (Å²) in [4.78, 5) is 12.4. The Bertz CT molecular complexity index is 472. The molecule has 0 saturated heterocycles. The lowest BCUT2D eigenvalue weighted by Gasteiger charge is -2.22. The van der Waals surface area contributed by atoms with E-state index in [2.05, 4.69) is 27.7 Å². The van der Waals surface area contributed by atoms with E-state index in [1.54, 1.807) is 32.4 Å². The SMILES string of the molecule is COc1cccc(OC)c1C(=O)POCC(C)CC(C)(C)C. The van der Waals surface area contributed by atoms with Gasteiger partial charge in [-0.15, -0.1) is 0 Å². The Morgan fingerprint density at radius 2 is 1.73 bits per heavy atom. The Labute approximate surface area is 135 Å². The van der Waals surface area contributed by atoms with E-state index in [9.17, 15) is 4.79 Å². The maximum Gasteiger partial charge on any atom is 0.215 e. The first-order valence-electron chi connectivity index (χ1n) is 7.41. The van der Waals surface area contributed by atoms with Gasteiger partial charge >= 0.3 is 0 Å².